The lowest BCUT2D eigenvalue weighted by atomic mass is 10.1. The number of aromatic nitrogens is 2. The van der Waals surface area contributed by atoms with Gasteiger partial charge in [0.05, 0.1) is 5.25 Å². The molecular weight excluding hydrogens is 312 g/mol. The number of hydrogen-bond acceptors (Lipinski definition) is 6. The number of aryl methyl sites for hydroxylation is 1. The molecule has 0 bridgehead atoms. The fourth-order valence-corrected chi connectivity index (χ4v) is 2.70. The number of benzene rings is 1. The largest absolute Gasteiger partial charge is 0.384 e. The smallest absolute Gasteiger partial charge is 0.237 e. The van der Waals surface area contributed by atoms with Gasteiger partial charge in [0.1, 0.15) is 5.82 Å². The average molecular weight is 330 g/mol. The number of anilines is 2. The first-order valence-corrected chi connectivity index (χ1v) is 7.93. The maximum Gasteiger partial charge on any atom is 0.237 e. The lowest BCUT2D eigenvalue weighted by Gasteiger charge is -2.12. The van der Waals surface area contributed by atoms with Crippen molar-refractivity contribution in [1.29, 1.82) is 0 Å². The van der Waals surface area contributed by atoms with Crippen molar-refractivity contribution in [3.8, 4) is 0 Å². The molecule has 1 amide bonds. The Bertz CT molecular complexity index is 711. The molecule has 0 aliphatic heterocycles. The number of ketones is 1. The SMILES string of the molecule is CC(=O)c1ccc(NC(=O)C(C)Sc2nc(C)cc(N)n2)cc1. The van der Waals surface area contributed by atoms with E-state index >= 15 is 0 Å². The molecule has 0 spiro atoms. The molecule has 3 N–H and O–H groups in total. The number of hydrogen-bond donors (Lipinski definition) is 2. The average Bonchev–Trinajstić information content (AvgIpc) is 2.46. The molecule has 0 radical (unpaired) electrons. The number of amides is 1. The van der Waals surface area contributed by atoms with Crippen LogP contribution < -0.4 is 11.1 Å². The Labute approximate surface area is 138 Å². The van der Waals surface area contributed by atoms with E-state index in [1.807, 2.05) is 6.92 Å². The number of nitrogen functional groups attached to an aromatic ring is 1. The topological polar surface area (TPSA) is 98.0 Å². The number of nitrogens with two attached hydrogens (primary N) is 1. The van der Waals surface area contributed by atoms with Gasteiger partial charge in [-0.3, -0.25) is 9.59 Å². The second kappa shape index (κ2) is 7.23. The standard InChI is InChI=1S/C16H18N4O2S/c1-9-8-14(17)20-16(18-9)23-11(3)15(22)19-13-6-4-12(5-7-13)10(2)21/h4-8,11H,1-3H3,(H,19,22)(H2,17,18,20). The van der Waals surface area contributed by atoms with E-state index in [1.165, 1.54) is 18.7 Å². The van der Waals surface area contributed by atoms with Gasteiger partial charge in [0.2, 0.25) is 5.91 Å². The molecule has 2 aromatic rings. The van der Waals surface area contributed by atoms with E-state index in [9.17, 15) is 9.59 Å². The highest BCUT2D eigenvalue weighted by molar-refractivity contribution is 8.00. The van der Waals surface area contributed by atoms with Crippen LogP contribution in [0.2, 0.25) is 0 Å². The Hall–Kier alpha value is -2.41. The summed E-state index contributed by atoms with van der Waals surface area (Å²) in [4.78, 5) is 31.8. The fourth-order valence-electron chi connectivity index (χ4n) is 1.86. The summed E-state index contributed by atoms with van der Waals surface area (Å²) in [6.45, 7) is 5.09. The number of carbonyl (C=O) groups is 2. The number of rotatable bonds is 5. The minimum Gasteiger partial charge on any atom is -0.384 e. The molecule has 0 aliphatic rings. The van der Waals surface area contributed by atoms with Crippen molar-refractivity contribution in [2.75, 3.05) is 11.1 Å². The molecule has 1 heterocycles. The lowest BCUT2D eigenvalue weighted by molar-refractivity contribution is -0.115. The van der Waals surface area contributed by atoms with Crippen molar-refractivity contribution in [3.63, 3.8) is 0 Å². The molecule has 0 saturated heterocycles. The third-order valence-corrected chi connectivity index (χ3v) is 4.02. The van der Waals surface area contributed by atoms with Crippen molar-refractivity contribution in [2.45, 2.75) is 31.2 Å². The van der Waals surface area contributed by atoms with Gasteiger partial charge >= 0.3 is 0 Å². The Kier molecular flexibility index (Phi) is 5.33. The highest BCUT2D eigenvalue weighted by atomic mass is 32.2. The summed E-state index contributed by atoms with van der Waals surface area (Å²) >= 11 is 1.24. The Morgan fingerprint density at radius 1 is 1.22 bits per heavy atom. The molecule has 0 aliphatic carbocycles. The first-order valence-electron chi connectivity index (χ1n) is 7.05. The minimum absolute atomic E-state index is 0.0130. The Morgan fingerprint density at radius 3 is 2.43 bits per heavy atom. The zero-order valence-corrected chi connectivity index (χ0v) is 14.0. The van der Waals surface area contributed by atoms with Gasteiger partial charge in [0.25, 0.3) is 0 Å². The van der Waals surface area contributed by atoms with Gasteiger partial charge in [-0.1, -0.05) is 11.8 Å². The summed E-state index contributed by atoms with van der Waals surface area (Å²) < 4.78 is 0. The zero-order chi connectivity index (χ0) is 17.0. The van der Waals surface area contributed by atoms with Crippen LogP contribution in [0.15, 0.2) is 35.5 Å². The lowest BCUT2D eigenvalue weighted by Crippen LogP contribution is -2.22. The van der Waals surface area contributed by atoms with Gasteiger partial charge in [0.15, 0.2) is 10.9 Å². The predicted octanol–water partition coefficient (Wildman–Crippen LogP) is 2.69. The normalized spacial score (nSPS) is 11.8. The second-order valence-corrected chi connectivity index (χ2v) is 6.41. The molecule has 2 rings (SSSR count). The summed E-state index contributed by atoms with van der Waals surface area (Å²) in [5, 5.41) is 2.88. The van der Waals surface area contributed by atoms with Crippen molar-refractivity contribution in [3.05, 3.63) is 41.6 Å². The van der Waals surface area contributed by atoms with E-state index in [2.05, 4.69) is 15.3 Å². The van der Waals surface area contributed by atoms with Crippen LogP contribution in [-0.2, 0) is 4.79 Å². The van der Waals surface area contributed by atoms with Gasteiger partial charge in [0, 0.05) is 23.0 Å². The Morgan fingerprint density at radius 2 is 1.87 bits per heavy atom. The van der Waals surface area contributed by atoms with Gasteiger partial charge < -0.3 is 11.1 Å². The summed E-state index contributed by atoms with van der Waals surface area (Å²) in [6, 6.07) is 8.44. The molecule has 0 saturated carbocycles. The highest BCUT2D eigenvalue weighted by Crippen LogP contribution is 2.22. The maximum atomic E-state index is 12.2. The molecule has 1 aromatic carbocycles. The molecule has 1 aromatic heterocycles. The van der Waals surface area contributed by atoms with E-state index in [-0.39, 0.29) is 16.9 Å². The summed E-state index contributed by atoms with van der Waals surface area (Å²) in [5.41, 5.74) is 7.68. The van der Waals surface area contributed by atoms with Crippen LogP contribution in [0.5, 0.6) is 0 Å². The molecule has 1 unspecified atom stereocenters. The van der Waals surface area contributed by atoms with Crippen molar-refractivity contribution in [2.24, 2.45) is 0 Å². The molecule has 120 valence electrons. The predicted molar refractivity (Wildman–Crippen MR) is 91.6 cm³/mol. The van der Waals surface area contributed by atoms with E-state index in [0.717, 1.165) is 5.69 Å². The van der Waals surface area contributed by atoms with Crippen LogP contribution in [0.1, 0.15) is 29.9 Å². The van der Waals surface area contributed by atoms with Gasteiger partial charge in [-0.15, -0.1) is 0 Å². The summed E-state index contributed by atoms with van der Waals surface area (Å²) in [7, 11) is 0. The van der Waals surface area contributed by atoms with Crippen LogP contribution in [0.3, 0.4) is 0 Å². The first-order chi connectivity index (χ1) is 10.8. The molecule has 6 nitrogen and oxygen atoms in total. The second-order valence-electron chi connectivity index (χ2n) is 5.10. The van der Waals surface area contributed by atoms with Crippen LogP contribution in [0.4, 0.5) is 11.5 Å². The van der Waals surface area contributed by atoms with Crippen LogP contribution in [-0.4, -0.2) is 26.9 Å². The number of Topliss-reactive ketones (excluding diaryl/α,β-unsaturated/α-hetero) is 1. The van der Waals surface area contributed by atoms with Crippen LogP contribution >= 0.6 is 11.8 Å². The van der Waals surface area contributed by atoms with Gasteiger partial charge in [-0.05, 0) is 45.0 Å². The maximum absolute atomic E-state index is 12.2. The van der Waals surface area contributed by atoms with Gasteiger partial charge in [-0.2, -0.15) is 0 Å². The van der Waals surface area contributed by atoms with E-state index < -0.39 is 0 Å². The van der Waals surface area contributed by atoms with E-state index in [1.54, 1.807) is 37.3 Å². The fraction of sp³-hybridized carbons (Fsp3) is 0.250. The van der Waals surface area contributed by atoms with Crippen molar-refractivity contribution < 1.29 is 9.59 Å². The van der Waals surface area contributed by atoms with E-state index in [4.69, 9.17) is 5.73 Å². The highest BCUT2D eigenvalue weighted by Gasteiger charge is 2.16. The summed E-state index contributed by atoms with van der Waals surface area (Å²) in [5.74, 6) is 0.197. The third-order valence-electron chi connectivity index (χ3n) is 3.06. The Balaban J connectivity index is 2.00. The van der Waals surface area contributed by atoms with Gasteiger partial charge in [-0.25, -0.2) is 9.97 Å². The number of thioether (sulfide) groups is 1. The molecule has 1 atom stereocenters. The van der Waals surface area contributed by atoms with Crippen LogP contribution in [0, 0.1) is 6.92 Å². The van der Waals surface area contributed by atoms with Crippen LogP contribution in [0.25, 0.3) is 0 Å². The number of carbonyl (C=O) groups excluding carboxylic acids is 2. The first kappa shape index (κ1) is 17.0. The number of nitrogens with zero attached hydrogens (tertiary/aromatic N) is 2. The molecular formula is C16H18N4O2S. The number of nitrogens with one attached hydrogen (secondary N) is 1. The van der Waals surface area contributed by atoms with E-state index in [0.29, 0.717) is 22.2 Å². The monoisotopic (exact) mass is 330 g/mol. The molecule has 23 heavy (non-hydrogen) atoms. The van der Waals surface area contributed by atoms with Crippen molar-refractivity contribution >= 4 is 35.0 Å². The minimum atomic E-state index is -0.385. The third kappa shape index (κ3) is 4.79. The van der Waals surface area contributed by atoms with Crippen molar-refractivity contribution in [1.82, 2.24) is 9.97 Å². The quantitative estimate of drug-likeness (QED) is 0.497. The zero-order valence-electron chi connectivity index (χ0n) is 13.2. The molecule has 7 heteroatoms. The molecule has 0 fully saturated rings. The summed E-state index contributed by atoms with van der Waals surface area (Å²) in [6.07, 6.45) is 0.